The largest absolute Gasteiger partial charge is 0.377 e. The van der Waals surface area contributed by atoms with Gasteiger partial charge in [0.1, 0.15) is 10.7 Å². The van der Waals surface area contributed by atoms with E-state index in [1.165, 1.54) is 6.07 Å². The van der Waals surface area contributed by atoms with Crippen molar-refractivity contribution in [2.24, 2.45) is 0 Å². The Morgan fingerprint density at radius 3 is 2.89 bits per heavy atom. The van der Waals surface area contributed by atoms with Gasteiger partial charge in [0.15, 0.2) is 0 Å². The van der Waals surface area contributed by atoms with Crippen LogP contribution in [0, 0.1) is 5.82 Å². The number of hydrogen-bond acceptors (Lipinski definition) is 3. The van der Waals surface area contributed by atoms with Crippen LogP contribution in [0.1, 0.15) is 12.8 Å². The molecule has 7 heteroatoms. The Morgan fingerprint density at radius 1 is 1.50 bits per heavy atom. The van der Waals surface area contributed by atoms with Gasteiger partial charge in [-0.1, -0.05) is 11.6 Å². The Hall–Kier alpha value is -0.690. The minimum atomic E-state index is -3.86. The molecule has 0 amide bonds. The van der Waals surface area contributed by atoms with Gasteiger partial charge >= 0.3 is 0 Å². The predicted octanol–water partition coefficient (Wildman–Crippen LogP) is 1.94. The molecule has 1 aliphatic rings. The van der Waals surface area contributed by atoms with E-state index < -0.39 is 20.7 Å². The molecule has 1 aliphatic heterocycles. The van der Waals surface area contributed by atoms with Crippen molar-refractivity contribution in [2.75, 3.05) is 13.2 Å². The summed E-state index contributed by atoms with van der Waals surface area (Å²) in [5, 5.41) is 0.158. The van der Waals surface area contributed by atoms with E-state index in [2.05, 4.69) is 4.72 Å². The van der Waals surface area contributed by atoms with E-state index in [-0.39, 0.29) is 17.7 Å². The van der Waals surface area contributed by atoms with E-state index in [4.69, 9.17) is 16.3 Å². The Kier molecular flexibility index (Phi) is 4.21. The molecule has 18 heavy (non-hydrogen) atoms. The van der Waals surface area contributed by atoms with E-state index in [1.54, 1.807) is 0 Å². The molecule has 2 rings (SSSR count). The first kappa shape index (κ1) is 13.7. The third kappa shape index (κ3) is 3.20. The van der Waals surface area contributed by atoms with Crippen molar-refractivity contribution in [2.45, 2.75) is 23.8 Å². The van der Waals surface area contributed by atoms with E-state index in [0.29, 0.717) is 6.61 Å². The Morgan fingerprint density at radius 2 is 2.28 bits per heavy atom. The number of halogens is 2. The Balaban J connectivity index is 2.09. The van der Waals surface area contributed by atoms with Crippen LogP contribution >= 0.6 is 11.6 Å². The highest BCUT2D eigenvalue weighted by molar-refractivity contribution is 7.89. The average molecular weight is 294 g/mol. The first-order valence-corrected chi connectivity index (χ1v) is 7.41. The summed E-state index contributed by atoms with van der Waals surface area (Å²) in [6.45, 7) is 0.798. The van der Waals surface area contributed by atoms with E-state index >= 15 is 0 Å². The monoisotopic (exact) mass is 293 g/mol. The topological polar surface area (TPSA) is 55.4 Å². The first-order valence-electron chi connectivity index (χ1n) is 5.55. The summed E-state index contributed by atoms with van der Waals surface area (Å²) in [5.74, 6) is -0.859. The standard InChI is InChI=1S/C11H13ClFNO3S/c12-8-3-4-11(10(13)6-8)18(15,16)14-7-9-2-1-5-17-9/h3-4,6,9,14H,1-2,5,7H2. The highest BCUT2D eigenvalue weighted by Crippen LogP contribution is 2.19. The molecular formula is C11H13ClFNO3S. The summed E-state index contributed by atoms with van der Waals surface area (Å²) in [6, 6.07) is 3.46. The van der Waals surface area contributed by atoms with Crippen molar-refractivity contribution in [3.05, 3.63) is 29.0 Å². The highest BCUT2D eigenvalue weighted by Gasteiger charge is 2.22. The molecule has 1 N–H and O–H groups in total. The van der Waals surface area contributed by atoms with Crippen molar-refractivity contribution in [1.29, 1.82) is 0 Å². The molecule has 0 saturated carbocycles. The molecule has 0 spiro atoms. The zero-order valence-corrected chi connectivity index (χ0v) is 11.1. The number of ether oxygens (including phenoxy) is 1. The number of hydrogen-bond donors (Lipinski definition) is 1. The van der Waals surface area contributed by atoms with Gasteiger partial charge in [-0.05, 0) is 31.0 Å². The summed E-state index contributed by atoms with van der Waals surface area (Å²) in [5.41, 5.74) is 0. The number of rotatable bonds is 4. The molecule has 1 unspecified atom stereocenters. The summed E-state index contributed by atoms with van der Waals surface area (Å²) < 4.78 is 44.9. The molecule has 1 atom stereocenters. The van der Waals surface area contributed by atoms with Crippen LogP contribution < -0.4 is 4.72 Å². The fourth-order valence-corrected chi connectivity index (χ4v) is 3.06. The maximum atomic E-state index is 13.5. The molecule has 0 radical (unpaired) electrons. The van der Waals surface area contributed by atoms with E-state index in [1.807, 2.05) is 0 Å². The van der Waals surface area contributed by atoms with Crippen molar-refractivity contribution in [3.63, 3.8) is 0 Å². The van der Waals surface area contributed by atoms with Gasteiger partial charge in [-0.3, -0.25) is 0 Å². The third-order valence-corrected chi connectivity index (χ3v) is 4.40. The maximum absolute atomic E-state index is 13.5. The van der Waals surface area contributed by atoms with Gasteiger partial charge in [-0.2, -0.15) is 0 Å². The molecule has 4 nitrogen and oxygen atoms in total. The van der Waals surface area contributed by atoms with Crippen LogP contribution in [0.2, 0.25) is 5.02 Å². The minimum absolute atomic E-state index is 0.130. The van der Waals surface area contributed by atoms with Crippen LogP contribution in [0.3, 0.4) is 0 Å². The normalized spacial score (nSPS) is 20.2. The smallest absolute Gasteiger partial charge is 0.243 e. The van der Waals surface area contributed by atoms with Crippen molar-refractivity contribution < 1.29 is 17.5 Å². The molecule has 100 valence electrons. The van der Waals surface area contributed by atoms with Gasteiger partial charge < -0.3 is 4.74 Å². The number of benzene rings is 1. The molecule has 0 aliphatic carbocycles. The second-order valence-corrected chi connectivity index (χ2v) is 6.23. The molecule has 0 bridgehead atoms. The zero-order chi connectivity index (χ0) is 13.2. The van der Waals surface area contributed by atoms with E-state index in [9.17, 15) is 12.8 Å². The van der Waals surface area contributed by atoms with Gasteiger partial charge in [0.2, 0.25) is 10.0 Å². The fourth-order valence-electron chi connectivity index (χ4n) is 1.78. The lowest BCUT2D eigenvalue weighted by Crippen LogP contribution is -2.32. The van der Waals surface area contributed by atoms with Crippen LogP contribution in [0.5, 0.6) is 0 Å². The van der Waals surface area contributed by atoms with Crippen molar-refractivity contribution in [1.82, 2.24) is 4.72 Å². The van der Waals surface area contributed by atoms with Crippen LogP contribution in [0.4, 0.5) is 4.39 Å². The minimum Gasteiger partial charge on any atom is -0.377 e. The summed E-state index contributed by atoms with van der Waals surface area (Å²) in [4.78, 5) is -0.398. The fraction of sp³-hybridized carbons (Fsp3) is 0.455. The van der Waals surface area contributed by atoms with Gasteiger partial charge in [0.25, 0.3) is 0 Å². The average Bonchev–Trinajstić information content (AvgIpc) is 2.78. The molecule has 1 aromatic carbocycles. The molecule has 0 aromatic heterocycles. The van der Waals surface area contributed by atoms with Gasteiger partial charge in [-0.15, -0.1) is 0 Å². The molecule has 1 fully saturated rings. The lowest BCUT2D eigenvalue weighted by Gasteiger charge is -2.11. The van der Waals surface area contributed by atoms with Crippen LogP contribution in [0.25, 0.3) is 0 Å². The summed E-state index contributed by atoms with van der Waals surface area (Å²) >= 11 is 5.57. The summed E-state index contributed by atoms with van der Waals surface area (Å²) in [6.07, 6.45) is 1.60. The predicted molar refractivity (Wildman–Crippen MR) is 65.6 cm³/mol. The lowest BCUT2D eigenvalue weighted by atomic mass is 10.2. The Labute approximate surface area is 110 Å². The SMILES string of the molecule is O=S(=O)(NCC1CCCO1)c1ccc(Cl)cc1F. The first-order chi connectivity index (χ1) is 8.49. The van der Waals surface area contributed by atoms with Gasteiger partial charge in [0.05, 0.1) is 6.10 Å². The second-order valence-electron chi connectivity index (χ2n) is 4.06. The molecule has 1 heterocycles. The van der Waals surface area contributed by atoms with Crippen LogP contribution in [-0.2, 0) is 14.8 Å². The quantitative estimate of drug-likeness (QED) is 0.923. The zero-order valence-electron chi connectivity index (χ0n) is 9.53. The number of sulfonamides is 1. The lowest BCUT2D eigenvalue weighted by molar-refractivity contribution is 0.114. The van der Waals surface area contributed by atoms with Crippen molar-refractivity contribution >= 4 is 21.6 Å². The number of nitrogens with one attached hydrogen (secondary N) is 1. The molecule has 1 saturated heterocycles. The summed E-state index contributed by atoms with van der Waals surface area (Å²) in [7, 11) is -3.86. The van der Waals surface area contributed by atoms with Gasteiger partial charge in [0, 0.05) is 18.2 Å². The van der Waals surface area contributed by atoms with Crippen LogP contribution in [0.15, 0.2) is 23.1 Å². The van der Waals surface area contributed by atoms with Crippen molar-refractivity contribution in [3.8, 4) is 0 Å². The third-order valence-electron chi connectivity index (χ3n) is 2.71. The second kappa shape index (κ2) is 5.52. The highest BCUT2D eigenvalue weighted by atomic mass is 35.5. The molecule has 1 aromatic rings. The van der Waals surface area contributed by atoms with Crippen LogP contribution in [-0.4, -0.2) is 27.7 Å². The molecular weight excluding hydrogens is 281 g/mol. The van der Waals surface area contributed by atoms with Gasteiger partial charge in [-0.25, -0.2) is 17.5 Å². The Bertz CT molecular complexity index is 529. The van der Waals surface area contributed by atoms with E-state index in [0.717, 1.165) is 25.0 Å². The maximum Gasteiger partial charge on any atom is 0.243 e.